The Kier molecular flexibility index (Phi) is 3.08. The Bertz CT molecular complexity index is 669. The van der Waals surface area contributed by atoms with Gasteiger partial charge in [0.1, 0.15) is 12.2 Å². The van der Waals surface area contributed by atoms with Gasteiger partial charge in [0.05, 0.1) is 17.9 Å². The lowest BCUT2D eigenvalue weighted by Gasteiger charge is -2.55. The van der Waals surface area contributed by atoms with Crippen molar-refractivity contribution in [3.8, 4) is 0 Å². The second kappa shape index (κ2) is 5.03. The summed E-state index contributed by atoms with van der Waals surface area (Å²) in [6.45, 7) is 2.29. The van der Waals surface area contributed by atoms with Crippen molar-refractivity contribution in [2.24, 2.45) is 46.8 Å². The first-order valence-corrected chi connectivity index (χ1v) is 10.6. The molecule has 1 aliphatic heterocycles. The molecule has 5 aliphatic carbocycles. The van der Waals surface area contributed by atoms with E-state index < -0.39 is 12.0 Å². The molecule has 0 aromatic heterocycles. The van der Waals surface area contributed by atoms with Crippen LogP contribution in [0.5, 0.6) is 0 Å². The first-order valence-electron chi connectivity index (χ1n) is 10.6. The Balaban J connectivity index is 1.20. The molecule has 4 bridgehead atoms. The highest BCUT2D eigenvalue weighted by atomic mass is 16.6. The van der Waals surface area contributed by atoms with Crippen molar-refractivity contribution in [3.63, 3.8) is 0 Å². The predicted octanol–water partition coefficient (Wildman–Crippen LogP) is 2.30. The number of hydrogen-bond donors (Lipinski definition) is 1. The molecule has 26 heavy (non-hydrogen) atoms. The topological polar surface area (TPSA) is 72.8 Å². The largest absolute Gasteiger partial charge is 0.462 e. The number of fused-ring (bicyclic) bond motifs is 2. The summed E-state index contributed by atoms with van der Waals surface area (Å²) < 4.78 is 11.4. The van der Waals surface area contributed by atoms with Crippen LogP contribution < -0.4 is 0 Å². The smallest absolute Gasteiger partial charge is 0.310 e. The van der Waals surface area contributed by atoms with Crippen molar-refractivity contribution in [3.05, 3.63) is 0 Å². The zero-order valence-corrected chi connectivity index (χ0v) is 15.3. The van der Waals surface area contributed by atoms with Crippen LogP contribution in [0.3, 0.4) is 0 Å². The normalized spacial score (nSPS) is 58.3. The highest BCUT2D eigenvalue weighted by Gasteiger charge is 2.69. The van der Waals surface area contributed by atoms with Gasteiger partial charge in [0.15, 0.2) is 0 Å². The molecule has 0 aromatic rings. The third kappa shape index (κ3) is 1.76. The van der Waals surface area contributed by atoms with E-state index in [2.05, 4.69) is 6.92 Å². The Morgan fingerprint density at radius 2 is 2.08 bits per heavy atom. The number of hydrogen-bond acceptors (Lipinski definition) is 5. The first-order chi connectivity index (χ1) is 12.5. The molecule has 5 saturated carbocycles. The Hall–Kier alpha value is -1.10. The molecule has 0 amide bonds. The summed E-state index contributed by atoms with van der Waals surface area (Å²) in [4.78, 5) is 25.2. The fraction of sp³-hybridized carbons (Fsp3) is 0.905. The minimum absolute atomic E-state index is 0.00471. The average molecular weight is 360 g/mol. The molecule has 1 N–H and O–H groups in total. The van der Waals surface area contributed by atoms with E-state index in [4.69, 9.17) is 9.47 Å². The van der Waals surface area contributed by atoms with Gasteiger partial charge in [-0.3, -0.25) is 9.59 Å². The number of carbonyl (C=O) groups is 2. The number of aliphatic hydroxyl groups is 1. The van der Waals surface area contributed by atoms with E-state index in [1.165, 1.54) is 25.7 Å². The molecule has 6 aliphatic rings. The van der Waals surface area contributed by atoms with Crippen LogP contribution in [-0.2, 0) is 19.1 Å². The van der Waals surface area contributed by atoms with E-state index in [1.54, 1.807) is 0 Å². The van der Waals surface area contributed by atoms with E-state index in [0.717, 1.165) is 31.1 Å². The zero-order valence-electron chi connectivity index (χ0n) is 15.3. The summed E-state index contributed by atoms with van der Waals surface area (Å²) in [6, 6.07) is 0. The summed E-state index contributed by atoms with van der Waals surface area (Å²) in [5, 5.41) is 10.4. The van der Waals surface area contributed by atoms with Crippen molar-refractivity contribution in [1.82, 2.24) is 0 Å². The lowest BCUT2D eigenvalue weighted by Crippen LogP contribution is -2.49. The minimum atomic E-state index is -0.693. The van der Waals surface area contributed by atoms with Crippen molar-refractivity contribution in [1.29, 1.82) is 0 Å². The maximum absolute atomic E-state index is 13.0. The van der Waals surface area contributed by atoms with Gasteiger partial charge in [-0.25, -0.2) is 0 Å². The summed E-state index contributed by atoms with van der Waals surface area (Å²) in [5.74, 6) is 0.795. The lowest BCUT2D eigenvalue weighted by molar-refractivity contribution is -0.169. The maximum atomic E-state index is 13.0. The van der Waals surface area contributed by atoms with Gasteiger partial charge in [0, 0.05) is 11.8 Å². The SMILES string of the molecule is CCC1CC2CC3CC(OC(=O)C4C5CC6C(OC(=O)C64)C5O)CC12C3. The van der Waals surface area contributed by atoms with Crippen LogP contribution in [0.4, 0.5) is 0 Å². The lowest BCUT2D eigenvalue weighted by atomic mass is 9.51. The maximum Gasteiger partial charge on any atom is 0.310 e. The number of carbonyl (C=O) groups excluding carboxylic acids is 2. The second-order valence-corrected chi connectivity index (χ2v) is 10.1. The third-order valence-corrected chi connectivity index (χ3v) is 9.31. The number of aliphatic hydroxyl groups excluding tert-OH is 1. The number of rotatable bonds is 3. The van der Waals surface area contributed by atoms with Crippen molar-refractivity contribution < 1.29 is 24.2 Å². The molecular weight excluding hydrogens is 332 g/mol. The highest BCUT2D eigenvalue weighted by molar-refractivity contribution is 5.86. The van der Waals surface area contributed by atoms with Crippen LogP contribution in [0, 0.1) is 46.8 Å². The fourth-order valence-corrected chi connectivity index (χ4v) is 8.39. The van der Waals surface area contributed by atoms with Gasteiger partial charge in [-0.1, -0.05) is 13.3 Å². The third-order valence-electron chi connectivity index (χ3n) is 9.31. The molecule has 5 heteroatoms. The van der Waals surface area contributed by atoms with E-state index in [9.17, 15) is 14.7 Å². The van der Waals surface area contributed by atoms with Gasteiger partial charge in [-0.05, 0) is 61.7 Å². The minimum Gasteiger partial charge on any atom is -0.462 e. The van der Waals surface area contributed by atoms with Gasteiger partial charge in [-0.2, -0.15) is 0 Å². The van der Waals surface area contributed by atoms with Crippen LogP contribution in [0.15, 0.2) is 0 Å². The molecule has 5 nitrogen and oxygen atoms in total. The predicted molar refractivity (Wildman–Crippen MR) is 90.6 cm³/mol. The Labute approximate surface area is 153 Å². The van der Waals surface area contributed by atoms with E-state index in [-0.39, 0.29) is 41.9 Å². The highest BCUT2D eigenvalue weighted by Crippen LogP contribution is 2.69. The molecule has 1 saturated heterocycles. The molecule has 0 radical (unpaired) electrons. The van der Waals surface area contributed by atoms with Crippen molar-refractivity contribution in [2.75, 3.05) is 0 Å². The number of esters is 2. The molecule has 6 fully saturated rings. The van der Waals surface area contributed by atoms with Crippen LogP contribution >= 0.6 is 0 Å². The molecular formula is C21H28O5. The molecule has 11 unspecified atom stereocenters. The van der Waals surface area contributed by atoms with E-state index in [0.29, 0.717) is 11.3 Å². The monoisotopic (exact) mass is 360 g/mol. The quantitative estimate of drug-likeness (QED) is 0.782. The second-order valence-electron chi connectivity index (χ2n) is 10.1. The zero-order chi connectivity index (χ0) is 17.8. The van der Waals surface area contributed by atoms with E-state index >= 15 is 0 Å². The van der Waals surface area contributed by atoms with Gasteiger partial charge in [0.2, 0.25) is 0 Å². The van der Waals surface area contributed by atoms with Crippen LogP contribution in [0.1, 0.15) is 51.9 Å². The van der Waals surface area contributed by atoms with Gasteiger partial charge in [-0.15, -0.1) is 0 Å². The van der Waals surface area contributed by atoms with Crippen molar-refractivity contribution in [2.45, 2.75) is 70.2 Å². The summed E-state index contributed by atoms with van der Waals surface area (Å²) in [7, 11) is 0. The summed E-state index contributed by atoms with van der Waals surface area (Å²) >= 11 is 0. The van der Waals surface area contributed by atoms with Gasteiger partial charge in [0.25, 0.3) is 0 Å². The summed E-state index contributed by atoms with van der Waals surface area (Å²) in [6.07, 6.45) is 6.89. The molecule has 1 spiro atoms. The Morgan fingerprint density at radius 1 is 1.23 bits per heavy atom. The van der Waals surface area contributed by atoms with Crippen molar-refractivity contribution >= 4 is 11.9 Å². The Morgan fingerprint density at radius 3 is 2.88 bits per heavy atom. The summed E-state index contributed by atoms with van der Waals surface area (Å²) in [5.41, 5.74) is 0.425. The van der Waals surface area contributed by atoms with E-state index in [1.807, 2.05) is 0 Å². The van der Waals surface area contributed by atoms with Gasteiger partial charge < -0.3 is 14.6 Å². The fourth-order valence-electron chi connectivity index (χ4n) is 8.39. The standard InChI is InChI=1S/C21H28O5/c1-2-10-5-11-3-9-4-12(8-21(10,11)7-9)25-19(23)15-13-6-14-16(15)20(24)26-18(14)17(13)22/h9-18,22H,2-8H2,1H3. The molecule has 1 heterocycles. The average Bonchev–Trinajstić information content (AvgIpc) is 3.26. The molecule has 142 valence electrons. The number of ether oxygens (including phenoxy) is 2. The first kappa shape index (κ1) is 15.9. The molecule has 6 rings (SSSR count). The molecule has 0 aromatic carbocycles. The van der Waals surface area contributed by atoms with Gasteiger partial charge >= 0.3 is 11.9 Å². The van der Waals surface area contributed by atoms with Crippen LogP contribution in [0.25, 0.3) is 0 Å². The van der Waals surface area contributed by atoms with Crippen LogP contribution in [0.2, 0.25) is 0 Å². The van der Waals surface area contributed by atoms with Crippen LogP contribution in [-0.4, -0.2) is 35.4 Å². The molecule has 11 atom stereocenters.